The third-order valence-corrected chi connectivity index (χ3v) is 11.1. The Bertz CT molecular complexity index is 1260. The number of carbonyl (C=O) groups is 3. The molecule has 1 saturated carbocycles. The van der Waals surface area contributed by atoms with Crippen molar-refractivity contribution in [2.45, 2.75) is 109 Å². The van der Waals surface area contributed by atoms with Crippen LogP contribution >= 0.6 is 0 Å². The van der Waals surface area contributed by atoms with Gasteiger partial charge in [-0.2, -0.15) is 0 Å². The zero-order valence-electron chi connectivity index (χ0n) is 27.7. The summed E-state index contributed by atoms with van der Waals surface area (Å²) in [6, 6.07) is 8.40. The van der Waals surface area contributed by atoms with Crippen LogP contribution in [0.15, 0.2) is 55.6 Å². The van der Waals surface area contributed by atoms with Gasteiger partial charge in [0.15, 0.2) is 0 Å². The van der Waals surface area contributed by atoms with Crippen LogP contribution in [0.2, 0.25) is 0 Å². The molecule has 45 heavy (non-hydrogen) atoms. The molecule has 4 aliphatic rings. The summed E-state index contributed by atoms with van der Waals surface area (Å²) >= 11 is 0. The second-order valence-corrected chi connectivity index (χ2v) is 14.5. The largest absolute Gasteiger partial charge is 0.394 e. The van der Waals surface area contributed by atoms with E-state index in [1.54, 1.807) is 22.0 Å². The molecular formula is C37H53N3O5. The molecule has 3 saturated heterocycles. The zero-order valence-corrected chi connectivity index (χ0v) is 27.7. The van der Waals surface area contributed by atoms with Crippen LogP contribution in [0.4, 0.5) is 0 Å². The molecule has 1 aromatic carbocycles. The normalized spacial score (nSPS) is 31.6. The number of fused-ring (bicyclic) bond motifs is 1. The van der Waals surface area contributed by atoms with Crippen LogP contribution in [0.25, 0.3) is 0 Å². The number of benzene rings is 1. The molecule has 0 radical (unpaired) electrons. The zero-order chi connectivity index (χ0) is 32.5. The fourth-order valence-corrected chi connectivity index (χ4v) is 9.04. The Hall–Kier alpha value is -2.97. The highest BCUT2D eigenvalue weighted by molar-refractivity contribution is 5.99. The van der Waals surface area contributed by atoms with Gasteiger partial charge in [0.2, 0.25) is 17.7 Å². The third kappa shape index (κ3) is 5.78. The Labute approximate surface area is 269 Å². The van der Waals surface area contributed by atoms with Gasteiger partial charge in [-0.05, 0) is 50.0 Å². The van der Waals surface area contributed by atoms with Gasteiger partial charge in [0.05, 0.1) is 30.1 Å². The smallest absolute Gasteiger partial charge is 0.248 e. The molecule has 4 fully saturated rings. The van der Waals surface area contributed by atoms with Gasteiger partial charge in [-0.1, -0.05) is 82.5 Å². The van der Waals surface area contributed by atoms with Crippen molar-refractivity contribution in [1.82, 2.24) is 14.7 Å². The monoisotopic (exact) mass is 619 g/mol. The number of hydrogen-bond donors (Lipinski definition) is 1. The number of rotatable bonds is 13. The summed E-state index contributed by atoms with van der Waals surface area (Å²) in [7, 11) is 0. The summed E-state index contributed by atoms with van der Waals surface area (Å²) in [5, 5.41) is 10.7. The number of aliphatic hydroxyl groups is 1. The number of ether oxygens (including phenoxy) is 1. The van der Waals surface area contributed by atoms with Crippen molar-refractivity contribution in [2.24, 2.45) is 23.7 Å². The van der Waals surface area contributed by atoms with Crippen LogP contribution in [0.1, 0.15) is 78.2 Å². The minimum atomic E-state index is -1.16. The number of nitrogens with zero attached hydrogens (tertiary/aromatic N) is 3. The minimum absolute atomic E-state index is 0.0618. The maximum absolute atomic E-state index is 15.0. The van der Waals surface area contributed by atoms with Gasteiger partial charge in [-0.3, -0.25) is 14.4 Å². The van der Waals surface area contributed by atoms with Crippen molar-refractivity contribution >= 4 is 17.7 Å². The van der Waals surface area contributed by atoms with Gasteiger partial charge >= 0.3 is 0 Å². The molecule has 3 amide bonds. The molecule has 2 bridgehead atoms. The summed E-state index contributed by atoms with van der Waals surface area (Å²) in [6.07, 6.45) is 9.62. The van der Waals surface area contributed by atoms with Gasteiger partial charge < -0.3 is 24.5 Å². The summed E-state index contributed by atoms with van der Waals surface area (Å²) in [5.74, 6) is -2.00. The maximum Gasteiger partial charge on any atom is 0.248 e. The first-order chi connectivity index (χ1) is 21.5. The van der Waals surface area contributed by atoms with E-state index in [4.69, 9.17) is 4.74 Å². The van der Waals surface area contributed by atoms with Crippen molar-refractivity contribution in [3.8, 4) is 0 Å². The van der Waals surface area contributed by atoms with E-state index in [0.29, 0.717) is 32.5 Å². The molecule has 5 rings (SSSR count). The summed E-state index contributed by atoms with van der Waals surface area (Å²) < 4.78 is 7.05. The first-order valence-electron chi connectivity index (χ1n) is 17.0. The second-order valence-electron chi connectivity index (χ2n) is 14.5. The highest BCUT2D eigenvalue weighted by atomic mass is 16.5. The van der Waals surface area contributed by atoms with Gasteiger partial charge in [0.25, 0.3) is 0 Å². The average Bonchev–Trinajstić information content (AvgIpc) is 3.55. The van der Waals surface area contributed by atoms with Crippen molar-refractivity contribution in [3.63, 3.8) is 0 Å². The first kappa shape index (κ1) is 33.4. The van der Waals surface area contributed by atoms with Crippen molar-refractivity contribution < 1.29 is 24.2 Å². The lowest BCUT2D eigenvalue weighted by atomic mass is 9.62. The molecule has 8 heteroatoms. The summed E-state index contributed by atoms with van der Waals surface area (Å²) in [4.78, 5) is 49.9. The molecule has 1 aromatic rings. The first-order valence-corrected chi connectivity index (χ1v) is 17.0. The van der Waals surface area contributed by atoms with E-state index in [1.807, 2.05) is 42.2 Å². The molecule has 3 aliphatic heterocycles. The van der Waals surface area contributed by atoms with E-state index in [9.17, 15) is 14.7 Å². The Kier molecular flexibility index (Phi) is 9.95. The van der Waals surface area contributed by atoms with Crippen LogP contribution in [0.3, 0.4) is 0 Å². The van der Waals surface area contributed by atoms with Crippen LogP contribution in [0, 0.1) is 23.7 Å². The minimum Gasteiger partial charge on any atom is -0.394 e. The third-order valence-electron chi connectivity index (χ3n) is 11.1. The summed E-state index contributed by atoms with van der Waals surface area (Å²) in [6.45, 7) is 16.9. The Morgan fingerprint density at radius 3 is 2.36 bits per heavy atom. The average molecular weight is 620 g/mol. The lowest BCUT2D eigenvalue weighted by Gasteiger charge is -2.42. The Morgan fingerprint density at radius 1 is 1.09 bits per heavy atom. The highest BCUT2D eigenvalue weighted by Gasteiger charge is 2.80. The van der Waals surface area contributed by atoms with Crippen LogP contribution < -0.4 is 0 Å². The van der Waals surface area contributed by atoms with E-state index >= 15 is 4.79 Å². The molecule has 0 aromatic heterocycles. The number of aliphatic hydroxyl groups excluding tert-OH is 1. The summed E-state index contributed by atoms with van der Waals surface area (Å²) in [5.41, 5.74) is -1.09. The Morgan fingerprint density at radius 2 is 1.76 bits per heavy atom. The lowest BCUT2D eigenvalue weighted by molar-refractivity contribution is -0.159. The van der Waals surface area contributed by atoms with Gasteiger partial charge in [-0.25, -0.2) is 0 Å². The van der Waals surface area contributed by atoms with E-state index < -0.39 is 35.1 Å². The maximum atomic E-state index is 15.0. The SMILES string of the molecule is C=CCN(Cc1ccccc1)C(=O)[C@H]1[C@H]2C(=O)N([C@@H](CO)CC(C)C)C(C(=O)N(CC=C)C3CCCCC3)C23CC(C)[C@]1(C)O3. The fraction of sp³-hybridized carbons (Fsp3) is 0.649. The van der Waals surface area contributed by atoms with Crippen LogP contribution in [-0.2, 0) is 25.7 Å². The molecular weight excluding hydrogens is 566 g/mol. The van der Waals surface area contributed by atoms with E-state index in [0.717, 1.165) is 37.7 Å². The number of amides is 3. The molecule has 8 nitrogen and oxygen atoms in total. The second kappa shape index (κ2) is 13.4. The lowest BCUT2D eigenvalue weighted by Crippen LogP contribution is -2.60. The molecule has 246 valence electrons. The number of hydrogen-bond acceptors (Lipinski definition) is 5. The molecule has 1 N–H and O–H groups in total. The molecule has 3 heterocycles. The number of likely N-dealkylation sites (tertiary alicyclic amines) is 1. The fourth-order valence-electron chi connectivity index (χ4n) is 9.04. The molecule has 1 aliphatic carbocycles. The van der Waals surface area contributed by atoms with E-state index in [1.165, 1.54) is 0 Å². The van der Waals surface area contributed by atoms with Gasteiger partial charge in [0, 0.05) is 25.7 Å². The highest BCUT2D eigenvalue weighted by Crippen LogP contribution is 2.66. The topological polar surface area (TPSA) is 90.4 Å². The standard InChI is InChI=1S/C37H53N3O5/c1-7-19-38(23-27-15-11-9-12-16-27)33(42)30-31-34(43)40(29(24-41)21-25(3)4)32(37(31)22-26(5)36(30,6)45-37)35(44)39(20-8-2)28-17-13-10-14-18-28/h7-9,11-12,15-16,25-26,28-32,41H,1-2,10,13-14,17-24H2,3-6H3/t26?,29-,30-,31+,32?,36+,37?/m1/s1. The van der Waals surface area contributed by atoms with E-state index in [-0.39, 0.29) is 42.2 Å². The predicted octanol–water partition coefficient (Wildman–Crippen LogP) is 4.97. The van der Waals surface area contributed by atoms with Gasteiger partial charge in [-0.15, -0.1) is 13.2 Å². The Balaban J connectivity index is 1.60. The van der Waals surface area contributed by atoms with Crippen LogP contribution in [-0.4, -0.2) is 86.6 Å². The predicted molar refractivity (Wildman–Crippen MR) is 175 cm³/mol. The van der Waals surface area contributed by atoms with E-state index in [2.05, 4.69) is 33.9 Å². The molecule has 7 atom stereocenters. The molecule has 3 unspecified atom stereocenters. The van der Waals surface area contributed by atoms with Gasteiger partial charge in [0.1, 0.15) is 11.6 Å². The van der Waals surface area contributed by atoms with Crippen LogP contribution in [0.5, 0.6) is 0 Å². The molecule has 1 spiro atoms. The van der Waals surface area contributed by atoms with Crippen molar-refractivity contribution in [1.29, 1.82) is 0 Å². The number of carbonyl (C=O) groups excluding carboxylic acids is 3. The van der Waals surface area contributed by atoms with Crippen molar-refractivity contribution in [3.05, 3.63) is 61.2 Å². The quantitative estimate of drug-likeness (QED) is 0.315. The van der Waals surface area contributed by atoms with Crippen molar-refractivity contribution in [2.75, 3.05) is 19.7 Å².